The van der Waals surface area contributed by atoms with Gasteiger partial charge in [0.05, 0.1) is 17.4 Å². The number of nitrogens with one attached hydrogen (secondary N) is 2. The van der Waals surface area contributed by atoms with Crippen LogP contribution in [0.4, 0.5) is 0 Å². The van der Waals surface area contributed by atoms with E-state index in [1.807, 2.05) is 17.6 Å². The summed E-state index contributed by atoms with van der Waals surface area (Å²) in [5, 5.41) is 13.3. The van der Waals surface area contributed by atoms with Crippen molar-refractivity contribution in [1.82, 2.24) is 30.3 Å². The molecule has 0 aliphatic heterocycles. The maximum Gasteiger partial charge on any atom is 0.268 e. The van der Waals surface area contributed by atoms with Gasteiger partial charge in [-0.05, 0) is 24.4 Å². The van der Waals surface area contributed by atoms with E-state index in [2.05, 4.69) is 32.5 Å². The van der Waals surface area contributed by atoms with E-state index in [1.165, 1.54) is 11.3 Å². The largest absolute Gasteiger partial charge is 0.311 e. The minimum Gasteiger partial charge on any atom is -0.311 e. The molecule has 3 rings (SSSR count). The van der Waals surface area contributed by atoms with E-state index in [1.54, 1.807) is 4.68 Å². The van der Waals surface area contributed by atoms with Crippen molar-refractivity contribution in [1.29, 1.82) is 0 Å². The van der Waals surface area contributed by atoms with Crippen molar-refractivity contribution in [2.24, 2.45) is 0 Å². The molecule has 0 amide bonds. The van der Waals surface area contributed by atoms with Gasteiger partial charge < -0.3 is 10.3 Å². The van der Waals surface area contributed by atoms with E-state index in [0.29, 0.717) is 23.6 Å². The smallest absolute Gasteiger partial charge is 0.268 e. The predicted molar refractivity (Wildman–Crippen MR) is 81.4 cm³/mol. The molecular weight excluding hydrogens is 288 g/mol. The Hall–Kier alpha value is -2.06. The van der Waals surface area contributed by atoms with Gasteiger partial charge >= 0.3 is 0 Å². The number of hydrogen-bond donors (Lipinski definition) is 2. The Morgan fingerprint density at radius 1 is 1.48 bits per heavy atom. The minimum atomic E-state index is -0.102. The Kier molecular flexibility index (Phi) is 4.07. The lowest BCUT2D eigenvalue weighted by Gasteiger charge is -2.00. The summed E-state index contributed by atoms with van der Waals surface area (Å²) in [6, 6.07) is 1.85. The zero-order valence-corrected chi connectivity index (χ0v) is 12.5. The average molecular weight is 304 g/mol. The van der Waals surface area contributed by atoms with Crippen LogP contribution >= 0.6 is 11.3 Å². The van der Waals surface area contributed by atoms with Gasteiger partial charge in [-0.15, -0.1) is 16.4 Å². The van der Waals surface area contributed by atoms with Crippen LogP contribution in [-0.4, -0.2) is 31.5 Å². The van der Waals surface area contributed by atoms with Crippen LogP contribution < -0.4 is 10.9 Å². The van der Waals surface area contributed by atoms with Crippen molar-refractivity contribution in [2.75, 3.05) is 6.54 Å². The lowest BCUT2D eigenvalue weighted by atomic mass is 10.4. The average Bonchev–Trinajstić information content (AvgIpc) is 3.09. The van der Waals surface area contributed by atoms with Gasteiger partial charge in [0, 0.05) is 6.54 Å². The Morgan fingerprint density at radius 3 is 3.24 bits per heavy atom. The maximum absolute atomic E-state index is 11.9. The normalized spacial score (nSPS) is 11.3. The lowest BCUT2D eigenvalue weighted by Crippen LogP contribution is -2.14. The van der Waals surface area contributed by atoms with Crippen LogP contribution in [0.3, 0.4) is 0 Å². The second-order valence-electron chi connectivity index (χ2n) is 4.73. The first kappa shape index (κ1) is 13.9. The summed E-state index contributed by atoms with van der Waals surface area (Å²) in [6.45, 7) is 4.17. The highest BCUT2D eigenvalue weighted by molar-refractivity contribution is 7.17. The first-order chi connectivity index (χ1) is 10.3. The summed E-state index contributed by atoms with van der Waals surface area (Å²) in [5.74, 6) is 0.587. The molecule has 0 spiro atoms. The molecule has 0 atom stereocenters. The summed E-state index contributed by atoms with van der Waals surface area (Å²) >= 11 is 1.39. The van der Waals surface area contributed by atoms with Crippen molar-refractivity contribution >= 4 is 21.6 Å². The fourth-order valence-electron chi connectivity index (χ4n) is 2.04. The van der Waals surface area contributed by atoms with Gasteiger partial charge in [-0.2, -0.15) is 0 Å². The highest BCUT2D eigenvalue weighted by Crippen LogP contribution is 2.13. The molecule has 21 heavy (non-hydrogen) atoms. The molecule has 0 aromatic carbocycles. The molecular formula is C13H16N6OS. The molecule has 0 fully saturated rings. The van der Waals surface area contributed by atoms with Crippen molar-refractivity contribution in [2.45, 2.75) is 26.4 Å². The summed E-state index contributed by atoms with van der Waals surface area (Å²) in [6.07, 6.45) is 2.94. The molecule has 7 nitrogen and oxygen atoms in total. The molecule has 110 valence electrons. The van der Waals surface area contributed by atoms with E-state index < -0.39 is 0 Å². The minimum absolute atomic E-state index is 0.102. The molecule has 3 aromatic heterocycles. The zero-order valence-electron chi connectivity index (χ0n) is 11.7. The number of thiophene rings is 1. The van der Waals surface area contributed by atoms with E-state index in [-0.39, 0.29) is 5.56 Å². The van der Waals surface area contributed by atoms with Gasteiger partial charge in [0.2, 0.25) is 0 Å². The monoisotopic (exact) mass is 304 g/mol. The molecule has 0 radical (unpaired) electrons. The summed E-state index contributed by atoms with van der Waals surface area (Å²) in [5.41, 5.74) is 1.50. The van der Waals surface area contributed by atoms with Crippen LogP contribution in [0, 0.1) is 0 Å². The SMILES string of the molecule is CCCNCc1cn(Cc2nc3ccsc3c(=O)[nH]2)nn1. The van der Waals surface area contributed by atoms with Gasteiger partial charge in [-0.25, -0.2) is 9.67 Å². The van der Waals surface area contributed by atoms with Crippen LogP contribution in [0.15, 0.2) is 22.4 Å². The Labute approximate surface area is 125 Å². The number of rotatable bonds is 6. The summed E-state index contributed by atoms with van der Waals surface area (Å²) in [7, 11) is 0. The maximum atomic E-state index is 11.9. The molecule has 8 heteroatoms. The second kappa shape index (κ2) is 6.15. The molecule has 2 N–H and O–H groups in total. The van der Waals surface area contributed by atoms with Crippen molar-refractivity contribution < 1.29 is 0 Å². The van der Waals surface area contributed by atoms with Crippen molar-refractivity contribution in [3.8, 4) is 0 Å². The van der Waals surface area contributed by atoms with E-state index in [9.17, 15) is 4.79 Å². The molecule has 0 saturated carbocycles. The fourth-order valence-corrected chi connectivity index (χ4v) is 2.77. The Morgan fingerprint density at radius 2 is 2.38 bits per heavy atom. The molecule has 0 saturated heterocycles. The van der Waals surface area contributed by atoms with Crippen LogP contribution in [0.2, 0.25) is 0 Å². The number of hydrogen-bond acceptors (Lipinski definition) is 6. The quantitative estimate of drug-likeness (QED) is 0.666. The summed E-state index contributed by atoms with van der Waals surface area (Å²) < 4.78 is 2.33. The van der Waals surface area contributed by atoms with Gasteiger partial charge in [-0.1, -0.05) is 12.1 Å². The Balaban J connectivity index is 1.74. The van der Waals surface area contributed by atoms with Crippen LogP contribution in [-0.2, 0) is 13.1 Å². The third-order valence-corrected chi connectivity index (χ3v) is 3.90. The van der Waals surface area contributed by atoms with Gasteiger partial charge in [0.25, 0.3) is 5.56 Å². The van der Waals surface area contributed by atoms with Gasteiger partial charge in [0.1, 0.15) is 17.1 Å². The van der Waals surface area contributed by atoms with Crippen LogP contribution in [0.1, 0.15) is 24.9 Å². The third kappa shape index (κ3) is 3.17. The van der Waals surface area contributed by atoms with E-state index >= 15 is 0 Å². The molecule has 0 bridgehead atoms. The van der Waals surface area contributed by atoms with Crippen molar-refractivity contribution in [3.05, 3.63) is 39.5 Å². The number of nitrogens with zero attached hydrogens (tertiary/aromatic N) is 4. The number of aromatic amines is 1. The highest BCUT2D eigenvalue weighted by atomic mass is 32.1. The highest BCUT2D eigenvalue weighted by Gasteiger charge is 2.07. The van der Waals surface area contributed by atoms with Gasteiger partial charge in [-0.3, -0.25) is 4.79 Å². The lowest BCUT2D eigenvalue weighted by molar-refractivity contribution is 0.624. The molecule has 3 aromatic rings. The van der Waals surface area contributed by atoms with Crippen molar-refractivity contribution in [3.63, 3.8) is 0 Å². The number of fused-ring (bicyclic) bond motifs is 1. The molecule has 0 aliphatic rings. The van der Waals surface area contributed by atoms with E-state index in [4.69, 9.17) is 0 Å². The molecule has 0 unspecified atom stereocenters. The first-order valence-corrected chi connectivity index (χ1v) is 7.70. The summed E-state index contributed by atoms with van der Waals surface area (Å²) in [4.78, 5) is 19.1. The van der Waals surface area contributed by atoms with Gasteiger partial charge in [0.15, 0.2) is 0 Å². The van der Waals surface area contributed by atoms with Crippen LogP contribution in [0.5, 0.6) is 0 Å². The standard InChI is InChI=1S/C13H16N6OS/c1-2-4-14-6-9-7-19(18-17-9)8-11-15-10-3-5-21-12(10)13(20)16-11/h3,5,7,14H,2,4,6,8H2,1H3,(H,15,16,20). The first-order valence-electron chi connectivity index (χ1n) is 6.82. The van der Waals surface area contributed by atoms with Crippen LogP contribution in [0.25, 0.3) is 10.2 Å². The third-order valence-electron chi connectivity index (χ3n) is 2.99. The van der Waals surface area contributed by atoms with E-state index in [0.717, 1.165) is 24.2 Å². The second-order valence-corrected chi connectivity index (χ2v) is 5.65. The Bertz CT molecular complexity index is 789. The number of H-pyrrole nitrogens is 1. The number of aromatic nitrogens is 5. The predicted octanol–water partition coefficient (Wildman–Crippen LogP) is 1.12. The molecule has 3 heterocycles. The fraction of sp³-hybridized carbons (Fsp3) is 0.385. The topological polar surface area (TPSA) is 88.5 Å². The molecule has 0 aliphatic carbocycles. The zero-order chi connectivity index (χ0) is 14.7.